The highest BCUT2D eigenvalue weighted by Gasteiger charge is 2.30. The van der Waals surface area contributed by atoms with E-state index in [1.54, 1.807) is 25.5 Å². The molecule has 1 unspecified atom stereocenters. The number of benzene rings is 4. The van der Waals surface area contributed by atoms with E-state index < -0.39 is 0 Å². The number of carbonyl (C=O) groups excluding carboxylic acids is 1. The Morgan fingerprint density at radius 2 is 1.66 bits per heavy atom. The fourth-order valence-electron chi connectivity index (χ4n) is 4.30. The van der Waals surface area contributed by atoms with E-state index in [2.05, 4.69) is 22.7 Å². The first-order valence-electron chi connectivity index (χ1n) is 12.3. The van der Waals surface area contributed by atoms with Gasteiger partial charge in [0.15, 0.2) is 0 Å². The van der Waals surface area contributed by atoms with E-state index in [1.807, 2.05) is 84.7 Å². The average molecular weight is 523 g/mol. The molecule has 0 fully saturated rings. The highest BCUT2D eigenvalue weighted by Crippen LogP contribution is 2.37. The zero-order valence-electron chi connectivity index (χ0n) is 21.1. The molecule has 1 aliphatic heterocycles. The summed E-state index contributed by atoms with van der Waals surface area (Å²) in [6.07, 6.45) is 2.38. The molecule has 0 bridgehead atoms. The zero-order chi connectivity index (χ0) is 26.5. The predicted molar refractivity (Wildman–Crippen MR) is 154 cm³/mol. The largest absolute Gasteiger partial charge is 0.497 e. The summed E-state index contributed by atoms with van der Waals surface area (Å²) in [5.74, 6) is 0.566. The van der Waals surface area contributed by atoms with Gasteiger partial charge in [0, 0.05) is 17.0 Å². The maximum atomic E-state index is 12.3. The first-order valence-corrected chi connectivity index (χ1v) is 12.6. The van der Waals surface area contributed by atoms with Crippen LogP contribution in [-0.2, 0) is 0 Å². The second-order valence-electron chi connectivity index (χ2n) is 9.05. The molecule has 0 saturated carbocycles. The molecule has 1 amide bonds. The fraction of sp³-hybridized carbons (Fsp3) is 0.129. The van der Waals surface area contributed by atoms with Crippen molar-refractivity contribution in [1.82, 2.24) is 5.43 Å². The molecule has 5 rings (SSSR count). The van der Waals surface area contributed by atoms with Crippen molar-refractivity contribution in [3.63, 3.8) is 0 Å². The van der Waals surface area contributed by atoms with Crippen LogP contribution in [0.3, 0.4) is 0 Å². The summed E-state index contributed by atoms with van der Waals surface area (Å²) < 4.78 is 5.34. The Labute approximate surface area is 227 Å². The van der Waals surface area contributed by atoms with E-state index in [4.69, 9.17) is 21.4 Å². The lowest BCUT2D eigenvalue weighted by Gasteiger charge is -2.24. The summed E-state index contributed by atoms with van der Waals surface area (Å²) in [5, 5.41) is 11.9. The molecule has 7 heteroatoms. The standard InChI is InChI=1S/C31H27ClN4O2/c1-21-3-7-25(8-4-21)31(37)34-33-20-22-5-15-27(16-6-22)36-30(24-11-17-28(38-2)18-12-24)19-29(35-36)23-9-13-26(32)14-10-23/h3-18,20,30H,19H2,1-2H3,(H,34,37)/b33-20+. The summed E-state index contributed by atoms with van der Waals surface area (Å²) in [7, 11) is 1.66. The summed E-state index contributed by atoms with van der Waals surface area (Å²) >= 11 is 6.11. The number of anilines is 1. The van der Waals surface area contributed by atoms with Gasteiger partial charge in [0.05, 0.1) is 30.8 Å². The lowest BCUT2D eigenvalue weighted by molar-refractivity contribution is 0.0955. The molecule has 1 heterocycles. The highest BCUT2D eigenvalue weighted by molar-refractivity contribution is 6.30. The number of hydrazone groups is 2. The Kier molecular flexibility index (Phi) is 7.52. The topological polar surface area (TPSA) is 66.3 Å². The van der Waals surface area contributed by atoms with Crippen LogP contribution in [0.2, 0.25) is 5.02 Å². The first-order chi connectivity index (χ1) is 18.5. The van der Waals surface area contributed by atoms with E-state index in [9.17, 15) is 4.79 Å². The first kappa shape index (κ1) is 25.2. The molecule has 0 aliphatic carbocycles. The molecule has 0 aromatic heterocycles. The number of hydrogen-bond donors (Lipinski definition) is 1. The van der Waals surface area contributed by atoms with Crippen LogP contribution in [0.25, 0.3) is 0 Å². The number of nitrogens with one attached hydrogen (secondary N) is 1. The molecule has 0 spiro atoms. The van der Waals surface area contributed by atoms with Crippen molar-refractivity contribution in [1.29, 1.82) is 0 Å². The van der Waals surface area contributed by atoms with E-state index in [-0.39, 0.29) is 11.9 Å². The molecule has 1 N–H and O–H groups in total. The SMILES string of the molecule is COc1ccc(C2CC(c3ccc(Cl)cc3)=NN2c2ccc(/C=N/NC(=O)c3ccc(C)cc3)cc2)cc1. The summed E-state index contributed by atoms with van der Waals surface area (Å²) in [6.45, 7) is 1.98. The van der Waals surface area contributed by atoms with Crippen molar-refractivity contribution in [2.75, 3.05) is 12.1 Å². The number of nitrogens with zero attached hydrogens (tertiary/aromatic N) is 3. The van der Waals surface area contributed by atoms with Gasteiger partial charge in [-0.05, 0) is 72.1 Å². The van der Waals surface area contributed by atoms with E-state index in [0.717, 1.165) is 45.8 Å². The Balaban J connectivity index is 1.35. The number of rotatable bonds is 7. The second-order valence-corrected chi connectivity index (χ2v) is 9.48. The van der Waals surface area contributed by atoms with Crippen molar-refractivity contribution in [2.24, 2.45) is 10.2 Å². The molecular formula is C31H27ClN4O2. The van der Waals surface area contributed by atoms with Gasteiger partial charge in [-0.2, -0.15) is 10.2 Å². The minimum atomic E-state index is -0.249. The Morgan fingerprint density at radius 3 is 2.32 bits per heavy atom. The van der Waals surface area contributed by atoms with Gasteiger partial charge in [0.2, 0.25) is 0 Å². The molecule has 4 aromatic rings. The maximum Gasteiger partial charge on any atom is 0.271 e. The van der Waals surface area contributed by atoms with Gasteiger partial charge >= 0.3 is 0 Å². The Hall–Kier alpha value is -4.42. The highest BCUT2D eigenvalue weighted by atomic mass is 35.5. The van der Waals surface area contributed by atoms with Crippen molar-refractivity contribution in [3.05, 3.63) is 130 Å². The number of hydrogen-bond acceptors (Lipinski definition) is 5. The molecule has 1 aliphatic rings. The molecule has 0 radical (unpaired) electrons. The van der Waals surface area contributed by atoms with E-state index >= 15 is 0 Å². The molecule has 190 valence electrons. The normalized spacial score (nSPS) is 15.0. The third-order valence-electron chi connectivity index (χ3n) is 6.44. The maximum absolute atomic E-state index is 12.3. The van der Waals surface area contributed by atoms with Crippen LogP contribution in [0, 0.1) is 6.92 Å². The minimum absolute atomic E-state index is 0.0277. The number of aryl methyl sites for hydroxylation is 1. The number of carbonyl (C=O) groups is 1. The Bertz CT molecular complexity index is 1460. The van der Waals surface area contributed by atoms with Gasteiger partial charge in [0.25, 0.3) is 5.91 Å². The number of halogens is 1. The fourth-order valence-corrected chi connectivity index (χ4v) is 4.42. The van der Waals surface area contributed by atoms with Crippen LogP contribution >= 0.6 is 11.6 Å². The molecule has 38 heavy (non-hydrogen) atoms. The van der Waals surface area contributed by atoms with Gasteiger partial charge in [0.1, 0.15) is 5.75 Å². The van der Waals surface area contributed by atoms with Crippen LogP contribution in [0.4, 0.5) is 5.69 Å². The van der Waals surface area contributed by atoms with Crippen LogP contribution in [0.1, 0.15) is 45.1 Å². The van der Waals surface area contributed by atoms with E-state index in [0.29, 0.717) is 10.6 Å². The lowest BCUT2D eigenvalue weighted by atomic mass is 9.98. The summed E-state index contributed by atoms with van der Waals surface area (Å²) in [5.41, 5.74) is 9.24. The van der Waals surface area contributed by atoms with Gasteiger partial charge in [-0.3, -0.25) is 9.80 Å². The smallest absolute Gasteiger partial charge is 0.271 e. The molecule has 0 saturated heterocycles. The van der Waals surface area contributed by atoms with Crippen molar-refractivity contribution in [2.45, 2.75) is 19.4 Å². The van der Waals surface area contributed by atoms with Crippen molar-refractivity contribution < 1.29 is 9.53 Å². The van der Waals surface area contributed by atoms with E-state index in [1.165, 1.54) is 0 Å². The number of ether oxygens (including phenoxy) is 1. The minimum Gasteiger partial charge on any atom is -0.497 e. The van der Waals surface area contributed by atoms with Crippen LogP contribution in [0.15, 0.2) is 107 Å². The molecule has 1 atom stereocenters. The zero-order valence-corrected chi connectivity index (χ0v) is 21.9. The average Bonchev–Trinajstić information content (AvgIpc) is 3.40. The van der Waals surface area contributed by atoms with Gasteiger partial charge in [-0.1, -0.05) is 65.7 Å². The third kappa shape index (κ3) is 5.76. The van der Waals surface area contributed by atoms with Crippen LogP contribution in [0.5, 0.6) is 5.75 Å². The lowest BCUT2D eigenvalue weighted by Crippen LogP contribution is -2.18. The van der Waals surface area contributed by atoms with Gasteiger partial charge < -0.3 is 4.74 Å². The quantitative estimate of drug-likeness (QED) is 0.215. The molecule has 6 nitrogen and oxygen atoms in total. The summed E-state index contributed by atoms with van der Waals surface area (Å²) in [6, 6.07) is 31.2. The summed E-state index contributed by atoms with van der Waals surface area (Å²) in [4.78, 5) is 12.3. The third-order valence-corrected chi connectivity index (χ3v) is 6.69. The van der Waals surface area contributed by atoms with Gasteiger partial charge in [-0.15, -0.1) is 0 Å². The van der Waals surface area contributed by atoms with Crippen LogP contribution in [-0.4, -0.2) is 24.9 Å². The van der Waals surface area contributed by atoms with Crippen molar-refractivity contribution >= 4 is 35.1 Å². The second kappa shape index (κ2) is 11.3. The molecule has 4 aromatic carbocycles. The molecular weight excluding hydrogens is 496 g/mol. The van der Waals surface area contributed by atoms with Crippen LogP contribution < -0.4 is 15.2 Å². The van der Waals surface area contributed by atoms with Gasteiger partial charge in [-0.25, -0.2) is 5.43 Å². The predicted octanol–water partition coefficient (Wildman–Crippen LogP) is 6.78. The number of methoxy groups -OCH3 is 1. The Morgan fingerprint density at radius 1 is 0.974 bits per heavy atom. The van der Waals surface area contributed by atoms with Crippen molar-refractivity contribution in [3.8, 4) is 5.75 Å². The number of amides is 1. The monoisotopic (exact) mass is 522 g/mol.